The standard InChI is InChI=1S/C60H47N7/c1-2-55-63-52-37-48(40-21-9-4-10-22-40)49(41-23-11-5-12-24-41)38-54(52)67(55)53-34-18-33-51(62)57(53)45-29-16-28-44(36-45)56-47(31-17-32-50(56)61)60-65-58(42-25-13-6-14-26-42)64-59(66-60)46-30-15-27-43(35-46)39-19-7-3-8-20-39/h3-38,55,63H,2,61-62H2,1H3. The Morgan fingerprint density at radius 3 is 1.49 bits per heavy atom. The van der Waals surface area contributed by atoms with Crippen molar-refractivity contribution in [1.29, 1.82) is 0 Å². The minimum Gasteiger partial charge on any atom is -0.398 e. The van der Waals surface area contributed by atoms with E-state index >= 15 is 0 Å². The third-order valence-corrected chi connectivity index (χ3v) is 12.6. The molecule has 9 aromatic carbocycles. The third-order valence-electron chi connectivity index (χ3n) is 12.6. The number of hydrogen-bond acceptors (Lipinski definition) is 7. The molecular weight excluding hydrogens is 819 g/mol. The van der Waals surface area contributed by atoms with Crippen LogP contribution >= 0.6 is 0 Å². The van der Waals surface area contributed by atoms with Crippen LogP contribution in [0.1, 0.15) is 13.3 Å². The highest BCUT2D eigenvalue weighted by Gasteiger charge is 2.33. The summed E-state index contributed by atoms with van der Waals surface area (Å²) in [5, 5.41) is 3.88. The van der Waals surface area contributed by atoms with E-state index in [0.717, 1.165) is 84.7 Å². The minimum absolute atomic E-state index is 0.0185. The zero-order valence-electron chi connectivity index (χ0n) is 37.0. The molecule has 67 heavy (non-hydrogen) atoms. The second kappa shape index (κ2) is 17.6. The number of benzene rings is 9. The molecule has 1 aliphatic heterocycles. The van der Waals surface area contributed by atoms with Gasteiger partial charge in [0.05, 0.1) is 17.1 Å². The summed E-state index contributed by atoms with van der Waals surface area (Å²) in [6.45, 7) is 2.22. The SMILES string of the molecule is CCC1Nc2cc(-c3ccccc3)c(-c3ccccc3)cc2N1c1cccc(N)c1-c1cccc(-c2c(N)cccc2-c2nc(-c3ccccc3)nc(-c3cccc(-c4ccccc4)c3)n2)c1. The van der Waals surface area contributed by atoms with Crippen molar-refractivity contribution >= 4 is 28.4 Å². The predicted octanol–water partition coefficient (Wildman–Crippen LogP) is 14.7. The Kier molecular flexibility index (Phi) is 10.8. The molecule has 11 rings (SSSR count). The molecule has 1 aliphatic rings. The number of nitrogens with zero attached hydrogens (tertiary/aromatic N) is 4. The van der Waals surface area contributed by atoms with Crippen LogP contribution in [0.15, 0.2) is 218 Å². The molecule has 7 heteroatoms. The Balaban J connectivity index is 1.04. The van der Waals surface area contributed by atoms with Crippen molar-refractivity contribution in [2.45, 2.75) is 19.5 Å². The molecule has 1 aromatic heterocycles. The van der Waals surface area contributed by atoms with Gasteiger partial charge in [-0.1, -0.05) is 183 Å². The lowest BCUT2D eigenvalue weighted by atomic mass is 9.92. The van der Waals surface area contributed by atoms with Gasteiger partial charge in [-0.3, -0.25) is 0 Å². The highest BCUT2D eigenvalue weighted by Crippen LogP contribution is 2.50. The van der Waals surface area contributed by atoms with E-state index < -0.39 is 0 Å². The van der Waals surface area contributed by atoms with Crippen LogP contribution in [-0.4, -0.2) is 21.1 Å². The van der Waals surface area contributed by atoms with E-state index in [-0.39, 0.29) is 6.17 Å². The van der Waals surface area contributed by atoms with Gasteiger partial charge in [0.25, 0.3) is 0 Å². The van der Waals surface area contributed by atoms with E-state index in [9.17, 15) is 0 Å². The van der Waals surface area contributed by atoms with Crippen LogP contribution in [0.4, 0.5) is 28.4 Å². The number of nitrogens with one attached hydrogen (secondary N) is 1. The highest BCUT2D eigenvalue weighted by molar-refractivity contribution is 6.00. The maximum atomic E-state index is 7.08. The minimum atomic E-state index is -0.0185. The summed E-state index contributed by atoms with van der Waals surface area (Å²) in [6.07, 6.45) is 0.832. The topological polar surface area (TPSA) is 106 Å². The lowest BCUT2D eigenvalue weighted by Crippen LogP contribution is -2.31. The summed E-state index contributed by atoms with van der Waals surface area (Å²) in [4.78, 5) is 17.8. The van der Waals surface area contributed by atoms with Crippen LogP contribution in [-0.2, 0) is 0 Å². The number of nitrogens with two attached hydrogens (primary N) is 2. The molecule has 5 N–H and O–H groups in total. The quantitative estimate of drug-likeness (QED) is 0.118. The van der Waals surface area contributed by atoms with Crippen molar-refractivity contribution in [2.75, 3.05) is 21.7 Å². The van der Waals surface area contributed by atoms with E-state index in [1.807, 2.05) is 91.0 Å². The van der Waals surface area contributed by atoms with Gasteiger partial charge in [-0.05, 0) is 93.4 Å². The zero-order valence-corrected chi connectivity index (χ0v) is 37.0. The van der Waals surface area contributed by atoms with Crippen LogP contribution < -0.4 is 21.7 Å². The Hall–Kier alpha value is -8.81. The van der Waals surface area contributed by atoms with Gasteiger partial charge in [-0.2, -0.15) is 0 Å². The van der Waals surface area contributed by atoms with Crippen molar-refractivity contribution in [3.05, 3.63) is 218 Å². The molecule has 0 bridgehead atoms. The monoisotopic (exact) mass is 865 g/mol. The first-order chi connectivity index (χ1) is 33.0. The van der Waals surface area contributed by atoms with E-state index in [4.69, 9.17) is 26.4 Å². The molecule has 322 valence electrons. The van der Waals surface area contributed by atoms with Crippen molar-refractivity contribution < 1.29 is 0 Å². The summed E-state index contributed by atoms with van der Waals surface area (Å²) in [5.74, 6) is 1.67. The van der Waals surface area contributed by atoms with E-state index in [1.54, 1.807) is 0 Å². The van der Waals surface area contributed by atoms with Crippen LogP contribution in [0.2, 0.25) is 0 Å². The average Bonchev–Trinajstić information content (AvgIpc) is 3.76. The lowest BCUT2D eigenvalue weighted by Gasteiger charge is -2.29. The average molecular weight is 866 g/mol. The van der Waals surface area contributed by atoms with Gasteiger partial charge >= 0.3 is 0 Å². The van der Waals surface area contributed by atoms with Crippen LogP contribution in [0, 0.1) is 0 Å². The Bertz CT molecular complexity index is 3390. The summed E-state index contributed by atoms with van der Waals surface area (Å²) in [6, 6.07) is 75.3. The van der Waals surface area contributed by atoms with Gasteiger partial charge in [-0.15, -0.1) is 0 Å². The van der Waals surface area contributed by atoms with Crippen molar-refractivity contribution in [3.63, 3.8) is 0 Å². The fraction of sp³-hybridized carbons (Fsp3) is 0.0500. The molecular formula is C60H47N7. The van der Waals surface area contributed by atoms with E-state index in [2.05, 4.69) is 145 Å². The molecule has 0 amide bonds. The molecule has 0 saturated heterocycles. The molecule has 0 aliphatic carbocycles. The molecule has 1 unspecified atom stereocenters. The van der Waals surface area contributed by atoms with Crippen LogP contribution in [0.3, 0.4) is 0 Å². The molecule has 10 aromatic rings. The van der Waals surface area contributed by atoms with Crippen LogP contribution in [0.25, 0.3) is 89.8 Å². The van der Waals surface area contributed by atoms with Crippen molar-refractivity contribution in [1.82, 2.24) is 15.0 Å². The smallest absolute Gasteiger partial charge is 0.164 e. The fourth-order valence-corrected chi connectivity index (χ4v) is 9.40. The number of rotatable bonds is 10. The number of fused-ring (bicyclic) bond motifs is 1. The van der Waals surface area contributed by atoms with Gasteiger partial charge in [0.1, 0.15) is 6.17 Å². The van der Waals surface area contributed by atoms with Gasteiger partial charge in [0, 0.05) is 39.2 Å². The Labute approximate surface area is 391 Å². The largest absolute Gasteiger partial charge is 0.398 e. The number of hydrogen-bond donors (Lipinski definition) is 3. The van der Waals surface area contributed by atoms with Gasteiger partial charge in [-0.25, -0.2) is 15.0 Å². The first-order valence-corrected chi connectivity index (χ1v) is 22.7. The van der Waals surface area contributed by atoms with Gasteiger partial charge < -0.3 is 21.7 Å². The normalized spacial score (nSPS) is 13.0. The van der Waals surface area contributed by atoms with Crippen molar-refractivity contribution in [3.8, 4) is 89.8 Å². The fourth-order valence-electron chi connectivity index (χ4n) is 9.40. The second-order valence-electron chi connectivity index (χ2n) is 16.8. The molecule has 2 heterocycles. The summed E-state index contributed by atoms with van der Waals surface area (Å²) in [7, 11) is 0. The number of anilines is 5. The molecule has 7 nitrogen and oxygen atoms in total. The zero-order chi connectivity index (χ0) is 45.3. The lowest BCUT2D eigenvalue weighted by molar-refractivity contribution is 0.729. The number of nitrogen functional groups attached to an aromatic ring is 2. The van der Waals surface area contributed by atoms with E-state index in [0.29, 0.717) is 28.8 Å². The van der Waals surface area contributed by atoms with E-state index in [1.165, 1.54) is 11.1 Å². The third kappa shape index (κ3) is 7.83. The summed E-state index contributed by atoms with van der Waals surface area (Å²) in [5.41, 5.74) is 31.6. The molecule has 0 radical (unpaired) electrons. The first-order valence-electron chi connectivity index (χ1n) is 22.7. The molecule has 1 atom stereocenters. The van der Waals surface area contributed by atoms with Gasteiger partial charge in [0.2, 0.25) is 0 Å². The Morgan fingerprint density at radius 2 is 0.851 bits per heavy atom. The molecule has 0 fully saturated rings. The maximum Gasteiger partial charge on any atom is 0.164 e. The van der Waals surface area contributed by atoms with Crippen LogP contribution in [0.5, 0.6) is 0 Å². The maximum absolute atomic E-state index is 7.08. The number of aromatic nitrogens is 3. The Morgan fingerprint density at radius 1 is 0.388 bits per heavy atom. The molecule has 0 spiro atoms. The predicted molar refractivity (Wildman–Crippen MR) is 278 cm³/mol. The van der Waals surface area contributed by atoms with Gasteiger partial charge in [0.15, 0.2) is 17.5 Å². The second-order valence-corrected chi connectivity index (χ2v) is 16.8. The molecule has 0 saturated carbocycles. The summed E-state index contributed by atoms with van der Waals surface area (Å²) < 4.78 is 0. The van der Waals surface area contributed by atoms with Crippen molar-refractivity contribution in [2.24, 2.45) is 0 Å². The first kappa shape index (κ1) is 40.9. The summed E-state index contributed by atoms with van der Waals surface area (Å²) >= 11 is 0. The highest BCUT2D eigenvalue weighted by atomic mass is 15.3.